The molecule has 1 atom stereocenters. The van der Waals surface area contributed by atoms with Crippen molar-refractivity contribution in [2.24, 2.45) is 0 Å². The molecule has 1 unspecified atom stereocenters. The van der Waals surface area contributed by atoms with Crippen molar-refractivity contribution in [1.29, 1.82) is 0 Å². The van der Waals surface area contributed by atoms with Crippen molar-refractivity contribution >= 4 is 43.9 Å². The van der Waals surface area contributed by atoms with Crippen LogP contribution in [0, 0.1) is 0 Å². The number of imidazole rings is 1. The second-order valence-electron chi connectivity index (χ2n) is 8.18. The van der Waals surface area contributed by atoms with Gasteiger partial charge in [0.25, 0.3) is 0 Å². The number of carboxylic acids is 1. The molecule has 4 rings (SSSR count). The number of fused-ring (bicyclic) bond motifs is 3. The number of amides is 1. The quantitative estimate of drug-likeness (QED) is 0.386. The van der Waals surface area contributed by atoms with Crippen molar-refractivity contribution in [3.63, 3.8) is 0 Å². The number of aromatic nitrogens is 2. The number of hydrogen-bond acceptors (Lipinski definition) is 4. The third-order valence-corrected chi connectivity index (χ3v) is 7.60. The van der Waals surface area contributed by atoms with E-state index in [1.807, 2.05) is 50.2 Å². The predicted molar refractivity (Wildman–Crippen MR) is 131 cm³/mol. The summed E-state index contributed by atoms with van der Waals surface area (Å²) in [6.07, 6.45) is -0.773. The van der Waals surface area contributed by atoms with E-state index >= 15 is 0 Å². The maximum absolute atomic E-state index is 12.6. The van der Waals surface area contributed by atoms with Gasteiger partial charge in [0.15, 0.2) is 0 Å². The molecule has 1 heterocycles. The average molecular weight is 577 g/mol. The van der Waals surface area contributed by atoms with E-state index in [4.69, 9.17) is 4.74 Å². The number of nitrogens with zero attached hydrogens (tertiary/aromatic N) is 2. The summed E-state index contributed by atoms with van der Waals surface area (Å²) in [5.74, 6) is -0.488. The number of carbonyl (C=O) groups excluding carboxylic acids is 1. The van der Waals surface area contributed by atoms with Gasteiger partial charge in [0, 0.05) is 11.8 Å². The summed E-state index contributed by atoms with van der Waals surface area (Å²) in [5, 5.41) is 12.2. The molecule has 0 radical (unpaired) electrons. The van der Waals surface area contributed by atoms with Crippen molar-refractivity contribution < 1.29 is 19.4 Å². The number of carbonyl (C=O) groups is 2. The third kappa shape index (κ3) is 4.70. The summed E-state index contributed by atoms with van der Waals surface area (Å²) in [7, 11) is 0. The molecule has 0 fully saturated rings. The van der Waals surface area contributed by atoms with Crippen molar-refractivity contribution in [2.45, 2.75) is 38.3 Å². The molecule has 0 spiro atoms. The Labute approximate surface area is 208 Å². The number of rotatable bonds is 7. The summed E-state index contributed by atoms with van der Waals surface area (Å²) >= 11 is 6.80. The summed E-state index contributed by atoms with van der Waals surface area (Å²) < 4.78 is 8.44. The zero-order chi connectivity index (χ0) is 23.7. The fraction of sp³-hybridized carbons (Fsp3) is 0.292. The van der Waals surface area contributed by atoms with Crippen molar-refractivity contribution in [1.82, 2.24) is 14.9 Å². The Kier molecular flexibility index (Phi) is 6.90. The Morgan fingerprint density at radius 2 is 1.67 bits per heavy atom. The monoisotopic (exact) mass is 575 g/mol. The van der Waals surface area contributed by atoms with Crippen LogP contribution in [-0.4, -0.2) is 39.4 Å². The SMILES string of the molecule is CC(C)c1nc(Br)c(Br)n1CC(NC(=O)OCC1c2ccccc2-c2ccccc21)C(=O)O. The van der Waals surface area contributed by atoms with E-state index in [1.165, 1.54) is 0 Å². The number of aliphatic carboxylic acids is 1. The minimum absolute atomic E-state index is 0.00618. The van der Waals surface area contributed by atoms with Crippen molar-refractivity contribution in [2.75, 3.05) is 6.61 Å². The second-order valence-corrected chi connectivity index (χ2v) is 9.68. The first-order chi connectivity index (χ1) is 15.8. The standard InChI is InChI=1S/C24H23Br2N3O4/c1-13(2)22-28-20(25)21(26)29(22)11-19(23(30)31)27-24(32)33-12-18-16-9-5-3-7-14(16)15-8-4-6-10-17(15)18/h3-10,13,18-19H,11-12H2,1-2H3,(H,27,32)(H,30,31). The normalized spacial score (nSPS) is 13.5. The molecular formula is C24H23Br2N3O4. The molecule has 0 aliphatic heterocycles. The van der Waals surface area contributed by atoms with Crippen LogP contribution in [0.2, 0.25) is 0 Å². The lowest BCUT2D eigenvalue weighted by Crippen LogP contribution is -2.44. The number of carboxylic acid groups (broad SMARTS) is 1. The molecule has 3 aromatic rings. The molecule has 7 nitrogen and oxygen atoms in total. The molecular weight excluding hydrogens is 554 g/mol. The highest BCUT2D eigenvalue weighted by molar-refractivity contribution is 9.13. The molecule has 1 aromatic heterocycles. The summed E-state index contributed by atoms with van der Waals surface area (Å²) in [4.78, 5) is 28.9. The van der Waals surface area contributed by atoms with Gasteiger partial charge in [-0.25, -0.2) is 14.6 Å². The molecule has 33 heavy (non-hydrogen) atoms. The van der Waals surface area contributed by atoms with E-state index in [9.17, 15) is 14.7 Å². The largest absolute Gasteiger partial charge is 0.480 e. The van der Waals surface area contributed by atoms with Crippen LogP contribution in [0.5, 0.6) is 0 Å². The topological polar surface area (TPSA) is 93.5 Å². The van der Waals surface area contributed by atoms with Gasteiger partial charge in [-0.3, -0.25) is 0 Å². The highest BCUT2D eigenvalue weighted by Gasteiger charge is 2.30. The summed E-state index contributed by atoms with van der Waals surface area (Å²) in [6, 6.07) is 14.9. The van der Waals surface area contributed by atoms with Crippen molar-refractivity contribution in [3.05, 3.63) is 74.7 Å². The van der Waals surface area contributed by atoms with Gasteiger partial charge in [0.2, 0.25) is 0 Å². The van der Waals surface area contributed by atoms with E-state index in [-0.39, 0.29) is 25.0 Å². The second kappa shape index (κ2) is 9.69. The van der Waals surface area contributed by atoms with Gasteiger partial charge < -0.3 is 19.7 Å². The smallest absolute Gasteiger partial charge is 0.407 e. The van der Waals surface area contributed by atoms with Crippen LogP contribution < -0.4 is 5.32 Å². The highest BCUT2D eigenvalue weighted by Crippen LogP contribution is 2.44. The molecule has 2 aromatic carbocycles. The average Bonchev–Trinajstić information content (AvgIpc) is 3.26. The highest BCUT2D eigenvalue weighted by atomic mass is 79.9. The lowest BCUT2D eigenvalue weighted by atomic mass is 9.98. The van der Waals surface area contributed by atoms with Crippen LogP contribution in [0.4, 0.5) is 4.79 Å². The molecule has 2 N–H and O–H groups in total. The minimum Gasteiger partial charge on any atom is -0.480 e. The van der Waals surface area contributed by atoms with Gasteiger partial charge >= 0.3 is 12.1 Å². The third-order valence-electron chi connectivity index (χ3n) is 5.71. The van der Waals surface area contributed by atoms with Gasteiger partial charge in [0.05, 0.1) is 6.54 Å². The number of hydrogen-bond donors (Lipinski definition) is 2. The molecule has 172 valence electrons. The molecule has 1 aliphatic rings. The Morgan fingerprint density at radius 1 is 1.09 bits per heavy atom. The first-order valence-electron chi connectivity index (χ1n) is 10.5. The van der Waals surface area contributed by atoms with Gasteiger partial charge in [-0.05, 0) is 54.1 Å². The van der Waals surface area contributed by atoms with E-state index < -0.39 is 18.1 Å². The Morgan fingerprint density at radius 3 is 2.21 bits per heavy atom. The molecule has 1 aliphatic carbocycles. The maximum atomic E-state index is 12.6. The Balaban J connectivity index is 1.47. The number of halogens is 2. The van der Waals surface area contributed by atoms with Gasteiger partial charge in [-0.15, -0.1) is 0 Å². The fourth-order valence-corrected chi connectivity index (χ4v) is 4.99. The van der Waals surface area contributed by atoms with E-state index in [2.05, 4.69) is 54.3 Å². The lowest BCUT2D eigenvalue weighted by molar-refractivity contribution is -0.139. The van der Waals surface area contributed by atoms with Crippen molar-refractivity contribution in [3.8, 4) is 11.1 Å². The predicted octanol–water partition coefficient (Wildman–Crippen LogP) is 5.52. The van der Waals surface area contributed by atoms with Gasteiger partial charge in [-0.1, -0.05) is 62.4 Å². The molecule has 9 heteroatoms. The zero-order valence-corrected chi connectivity index (χ0v) is 21.3. The Hall–Kier alpha value is -2.65. The van der Waals surface area contributed by atoms with Crippen LogP contribution in [0.1, 0.15) is 42.6 Å². The number of ether oxygens (including phenoxy) is 1. The molecule has 0 saturated carbocycles. The lowest BCUT2D eigenvalue weighted by Gasteiger charge is -2.19. The summed E-state index contributed by atoms with van der Waals surface area (Å²) in [6.45, 7) is 4.05. The molecule has 0 saturated heterocycles. The van der Waals surface area contributed by atoms with Crippen LogP contribution >= 0.6 is 31.9 Å². The van der Waals surface area contributed by atoms with E-state index in [1.54, 1.807) is 4.57 Å². The summed E-state index contributed by atoms with van der Waals surface area (Å²) in [5.41, 5.74) is 4.44. The van der Waals surface area contributed by atoms with E-state index in [0.29, 0.717) is 15.0 Å². The van der Waals surface area contributed by atoms with Crippen LogP contribution in [0.3, 0.4) is 0 Å². The van der Waals surface area contributed by atoms with Crippen LogP contribution in [0.15, 0.2) is 57.7 Å². The maximum Gasteiger partial charge on any atom is 0.407 e. The first kappa shape index (κ1) is 23.5. The first-order valence-corrected chi connectivity index (χ1v) is 12.1. The Bertz CT molecular complexity index is 1160. The minimum atomic E-state index is -1.18. The van der Waals surface area contributed by atoms with Crippen LogP contribution in [0.25, 0.3) is 11.1 Å². The van der Waals surface area contributed by atoms with Crippen LogP contribution in [-0.2, 0) is 16.1 Å². The molecule has 1 amide bonds. The number of nitrogens with one attached hydrogen (secondary N) is 1. The van der Waals surface area contributed by atoms with Gasteiger partial charge in [-0.2, -0.15) is 0 Å². The fourth-order valence-electron chi connectivity index (χ4n) is 4.18. The molecule has 0 bridgehead atoms. The van der Waals surface area contributed by atoms with E-state index in [0.717, 1.165) is 22.3 Å². The number of alkyl carbamates (subject to hydrolysis) is 1. The van der Waals surface area contributed by atoms with Gasteiger partial charge in [0.1, 0.15) is 27.7 Å². The zero-order valence-electron chi connectivity index (χ0n) is 18.1. The number of benzene rings is 2.